The van der Waals surface area contributed by atoms with Gasteiger partial charge in [0.2, 0.25) is 0 Å². The molecule has 21 heavy (non-hydrogen) atoms. The number of rotatable bonds is 5. The van der Waals surface area contributed by atoms with Crippen molar-refractivity contribution in [3.8, 4) is 0 Å². The van der Waals surface area contributed by atoms with Crippen molar-refractivity contribution >= 4 is 15.5 Å². The summed E-state index contributed by atoms with van der Waals surface area (Å²) in [6.45, 7) is 2.96. The average Bonchev–Trinajstić information content (AvgIpc) is 3.29. The van der Waals surface area contributed by atoms with E-state index in [1.165, 1.54) is 25.5 Å². The van der Waals surface area contributed by atoms with Gasteiger partial charge in [-0.2, -0.15) is 0 Å². The van der Waals surface area contributed by atoms with Gasteiger partial charge >= 0.3 is 0 Å². The van der Waals surface area contributed by atoms with Gasteiger partial charge in [0, 0.05) is 25.4 Å². The summed E-state index contributed by atoms with van der Waals surface area (Å²) in [5.74, 6) is 0.618. The van der Waals surface area contributed by atoms with E-state index in [4.69, 9.17) is 0 Å². The third kappa shape index (κ3) is 3.77. The van der Waals surface area contributed by atoms with Gasteiger partial charge in [-0.25, -0.2) is 8.42 Å². The van der Waals surface area contributed by atoms with Crippen LogP contribution in [0.3, 0.4) is 0 Å². The first kappa shape index (κ1) is 14.9. The second kappa shape index (κ2) is 5.97. The molecule has 1 saturated carbocycles. The fraction of sp³-hybridized carbons (Fsp3) is 0.625. The second-order valence-electron chi connectivity index (χ2n) is 6.38. The highest BCUT2D eigenvalue weighted by Crippen LogP contribution is 2.29. The lowest BCUT2D eigenvalue weighted by molar-refractivity contribution is 0.390. The number of sulfone groups is 1. The van der Waals surface area contributed by atoms with E-state index in [0.717, 1.165) is 37.8 Å². The summed E-state index contributed by atoms with van der Waals surface area (Å²) in [4.78, 5) is 2.71. The number of benzene rings is 1. The molecule has 4 nitrogen and oxygen atoms in total. The second-order valence-corrected chi connectivity index (χ2v) is 8.36. The van der Waals surface area contributed by atoms with Crippen molar-refractivity contribution in [1.29, 1.82) is 0 Å². The van der Waals surface area contributed by atoms with E-state index in [9.17, 15) is 8.42 Å². The smallest absolute Gasteiger partial charge is 0.177 e. The summed E-state index contributed by atoms with van der Waals surface area (Å²) < 4.78 is 23.9. The number of para-hydroxylation sites is 1. The van der Waals surface area contributed by atoms with Crippen LogP contribution in [-0.4, -0.2) is 40.3 Å². The molecule has 2 aliphatic rings. The Hall–Kier alpha value is -1.07. The molecule has 1 unspecified atom stereocenters. The van der Waals surface area contributed by atoms with E-state index < -0.39 is 9.84 Å². The van der Waals surface area contributed by atoms with Gasteiger partial charge < -0.3 is 10.2 Å². The molecule has 1 aromatic carbocycles. The molecule has 0 amide bonds. The fourth-order valence-electron chi connectivity index (χ4n) is 3.10. The predicted molar refractivity (Wildman–Crippen MR) is 85.5 cm³/mol. The van der Waals surface area contributed by atoms with E-state index in [1.54, 1.807) is 12.1 Å². The lowest BCUT2D eigenvalue weighted by Crippen LogP contribution is -2.40. The Bertz CT molecular complexity index is 596. The van der Waals surface area contributed by atoms with Crippen molar-refractivity contribution in [3.63, 3.8) is 0 Å². The molecule has 1 atom stereocenters. The Kier molecular flexibility index (Phi) is 4.22. The van der Waals surface area contributed by atoms with Crippen molar-refractivity contribution in [2.75, 3.05) is 30.8 Å². The Labute approximate surface area is 127 Å². The minimum Gasteiger partial charge on any atom is -0.370 e. The number of hydrogen-bond donors (Lipinski definition) is 1. The first-order chi connectivity index (χ1) is 10.0. The highest BCUT2D eigenvalue weighted by Gasteiger charge is 2.26. The standard InChI is InChI=1S/C16H24N2O2S/c1-21(19,20)16-7-3-2-6-15(16)18-10-4-5-13(12-18)11-17-14-8-9-14/h2-3,6-7,13-14,17H,4-5,8-12H2,1H3. The minimum absolute atomic E-state index is 0.459. The van der Waals surface area contributed by atoms with Crippen molar-refractivity contribution in [2.45, 2.75) is 36.6 Å². The SMILES string of the molecule is CS(=O)(=O)c1ccccc1N1CCCC(CNC2CC2)C1. The van der Waals surface area contributed by atoms with Crippen LogP contribution in [0.15, 0.2) is 29.2 Å². The summed E-state index contributed by atoms with van der Waals surface area (Å²) in [5, 5.41) is 3.60. The van der Waals surface area contributed by atoms with Gasteiger partial charge in [-0.3, -0.25) is 0 Å². The lowest BCUT2D eigenvalue weighted by atomic mass is 9.97. The maximum Gasteiger partial charge on any atom is 0.177 e. The van der Waals surface area contributed by atoms with Gasteiger partial charge in [0.15, 0.2) is 9.84 Å². The minimum atomic E-state index is -3.17. The van der Waals surface area contributed by atoms with E-state index in [-0.39, 0.29) is 0 Å². The van der Waals surface area contributed by atoms with Crippen LogP contribution in [0.2, 0.25) is 0 Å². The third-order valence-electron chi connectivity index (χ3n) is 4.40. The summed E-state index contributed by atoms with van der Waals surface area (Å²) in [6.07, 6.45) is 6.29. The molecular formula is C16H24N2O2S. The van der Waals surface area contributed by atoms with Gasteiger partial charge in [0.25, 0.3) is 0 Å². The molecule has 1 heterocycles. The van der Waals surface area contributed by atoms with Crippen molar-refractivity contribution in [1.82, 2.24) is 5.32 Å². The van der Waals surface area contributed by atoms with Crippen LogP contribution in [0, 0.1) is 5.92 Å². The number of hydrogen-bond acceptors (Lipinski definition) is 4. The number of nitrogens with zero attached hydrogens (tertiary/aromatic N) is 1. The molecule has 0 bridgehead atoms. The van der Waals surface area contributed by atoms with Crippen LogP contribution in [0.5, 0.6) is 0 Å². The Morgan fingerprint density at radius 2 is 2.00 bits per heavy atom. The van der Waals surface area contributed by atoms with E-state index in [2.05, 4.69) is 10.2 Å². The zero-order chi connectivity index (χ0) is 14.9. The molecule has 5 heteroatoms. The molecule has 1 aliphatic heterocycles. The first-order valence-corrected chi connectivity index (χ1v) is 9.70. The molecule has 1 aliphatic carbocycles. The number of anilines is 1. The Morgan fingerprint density at radius 3 is 2.71 bits per heavy atom. The highest BCUT2D eigenvalue weighted by atomic mass is 32.2. The maximum absolute atomic E-state index is 12.0. The van der Waals surface area contributed by atoms with Crippen LogP contribution in [-0.2, 0) is 9.84 Å². The van der Waals surface area contributed by atoms with Crippen LogP contribution in [0.25, 0.3) is 0 Å². The van der Waals surface area contributed by atoms with Gasteiger partial charge in [0.05, 0.1) is 10.6 Å². The molecule has 1 N–H and O–H groups in total. The van der Waals surface area contributed by atoms with Crippen LogP contribution in [0.4, 0.5) is 5.69 Å². The van der Waals surface area contributed by atoms with Crippen LogP contribution in [0.1, 0.15) is 25.7 Å². The van der Waals surface area contributed by atoms with E-state index in [1.807, 2.05) is 12.1 Å². The zero-order valence-corrected chi connectivity index (χ0v) is 13.4. The summed E-state index contributed by atoms with van der Waals surface area (Å²) in [6, 6.07) is 8.12. The van der Waals surface area contributed by atoms with Crippen LogP contribution < -0.4 is 10.2 Å². The van der Waals surface area contributed by atoms with E-state index in [0.29, 0.717) is 10.8 Å². The molecule has 116 valence electrons. The highest BCUT2D eigenvalue weighted by molar-refractivity contribution is 7.90. The fourth-order valence-corrected chi connectivity index (χ4v) is 4.01. The molecule has 0 spiro atoms. The van der Waals surface area contributed by atoms with Crippen LogP contribution >= 0.6 is 0 Å². The largest absolute Gasteiger partial charge is 0.370 e. The molecule has 1 saturated heterocycles. The molecule has 3 rings (SSSR count). The number of piperidine rings is 1. The first-order valence-electron chi connectivity index (χ1n) is 7.81. The summed E-state index contributed by atoms with van der Waals surface area (Å²) in [5.41, 5.74) is 0.871. The molecule has 1 aromatic rings. The summed E-state index contributed by atoms with van der Waals surface area (Å²) >= 11 is 0. The van der Waals surface area contributed by atoms with E-state index >= 15 is 0 Å². The molecule has 0 aromatic heterocycles. The van der Waals surface area contributed by atoms with Crippen molar-refractivity contribution < 1.29 is 8.42 Å². The Balaban J connectivity index is 1.73. The monoisotopic (exact) mass is 308 g/mol. The quantitative estimate of drug-likeness (QED) is 0.904. The van der Waals surface area contributed by atoms with Gasteiger partial charge in [0.1, 0.15) is 0 Å². The maximum atomic E-state index is 12.0. The third-order valence-corrected chi connectivity index (χ3v) is 5.54. The van der Waals surface area contributed by atoms with Gasteiger partial charge in [-0.1, -0.05) is 12.1 Å². The Morgan fingerprint density at radius 1 is 1.24 bits per heavy atom. The lowest BCUT2D eigenvalue weighted by Gasteiger charge is -2.35. The molecule has 0 radical (unpaired) electrons. The predicted octanol–water partition coefficient (Wildman–Crippen LogP) is 2.06. The zero-order valence-electron chi connectivity index (χ0n) is 12.6. The topological polar surface area (TPSA) is 49.4 Å². The number of nitrogens with one attached hydrogen (secondary N) is 1. The van der Waals surface area contributed by atoms with Gasteiger partial charge in [-0.15, -0.1) is 0 Å². The van der Waals surface area contributed by atoms with Crippen molar-refractivity contribution in [3.05, 3.63) is 24.3 Å². The molecule has 2 fully saturated rings. The van der Waals surface area contributed by atoms with Crippen molar-refractivity contribution in [2.24, 2.45) is 5.92 Å². The van der Waals surface area contributed by atoms with Gasteiger partial charge in [-0.05, 0) is 50.3 Å². The summed E-state index contributed by atoms with van der Waals surface area (Å²) in [7, 11) is -3.17. The molecular weight excluding hydrogens is 284 g/mol. The normalized spacial score (nSPS) is 23.3. The average molecular weight is 308 g/mol.